The van der Waals surface area contributed by atoms with Crippen molar-refractivity contribution in [3.05, 3.63) is 82.5 Å². The van der Waals surface area contributed by atoms with Gasteiger partial charge in [-0.3, -0.25) is 0 Å². The van der Waals surface area contributed by atoms with E-state index in [9.17, 15) is 4.39 Å². The second kappa shape index (κ2) is 9.62. The number of rotatable bonds is 9. The molecule has 2 aromatic carbocycles. The molecule has 3 aromatic rings. The van der Waals surface area contributed by atoms with Gasteiger partial charge in [-0.2, -0.15) is 0 Å². The largest absolute Gasteiger partial charge is 0.490 e. The first kappa shape index (κ1) is 20.2. The van der Waals surface area contributed by atoms with Crippen LogP contribution < -0.4 is 14.8 Å². The minimum atomic E-state index is -0.391. The van der Waals surface area contributed by atoms with Gasteiger partial charge in [0.05, 0.1) is 23.9 Å². The Labute approximate surface area is 169 Å². The first-order valence-corrected chi connectivity index (χ1v) is 9.54. The Morgan fingerprint density at radius 2 is 1.96 bits per heavy atom. The molecule has 6 heteroatoms. The Kier molecular flexibility index (Phi) is 6.95. The maximum absolute atomic E-state index is 13.9. The molecule has 0 fully saturated rings. The van der Waals surface area contributed by atoms with Crippen molar-refractivity contribution in [3.63, 3.8) is 0 Å². The van der Waals surface area contributed by atoms with Crippen LogP contribution in [-0.4, -0.2) is 6.61 Å². The van der Waals surface area contributed by atoms with Crippen LogP contribution in [0.25, 0.3) is 0 Å². The number of furan rings is 1. The molecule has 1 atom stereocenters. The smallest absolute Gasteiger partial charge is 0.161 e. The highest BCUT2D eigenvalue weighted by Gasteiger charge is 2.12. The highest BCUT2D eigenvalue weighted by molar-refractivity contribution is 6.31. The van der Waals surface area contributed by atoms with Crippen molar-refractivity contribution in [3.8, 4) is 11.5 Å². The van der Waals surface area contributed by atoms with Crippen LogP contribution >= 0.6 is 11.6 Å². The molecule has 0 aliphatic heterocycles. The zero-order chi connectivity index (χ0) is 19.9. The molecule has 1 N–H and O–H groups in total. The summed E-state index contributed by atoms with van der Waals surface area (Å²) >= 11 is 6.07. The summed E-state index contributed by atoms with van der Waals surface area (Å²) in [5.41, 5.74) is 1.36. The van der Waals surface area contributed by atoms with E-state index in [1.165, 1.54) is 6.07 Å². The average molecular weight is 404 g/mol. The summed E-state index contributed by atoms with van der Waals surface area (Å²) in [6, 6.07) is 14.2. The summed E-state index contributed by atoms with van der Waals surface area (Å²) in [4.78, 5) is 0. The predicted molar refractivity (Wildman–Crippen MR) is 107 cm³/mol. The molecule has 1 heterocycles. The maximum atomic E-state index is 13.9. The van der Waals surface area contributed by atoms with Gasteiger partial charge in [-0.15, -0.1) is 0 Å². The molecule has 0 spiro atoms. The molecule has 0 saturated carbocycles. The molecule has 0 aliphatic carbocycles. The lowest BCUT2D eigenvalue weighted by Gasteiger charge is -2.16. The van der Waals surface area contributed by atoms with Crippen molar-refractivity contribution >= 4 is 11.6 Å². The molecule has 0 unspecified atom stereocenters. The van der Waals surface area contributed by atoms with Gasteiger partial charge in [0.15, 0.2) is 11.5 Å². The summed E-state index contributed by atoms with van der Waals surface area (Å²) < 4.78 is 30.9. The van der Waals surface area contributed by atoms with E-state index in [2.05, 4.69) is 5.32 Å². The van der Waals surface area contributed by atoms with Gasteiger partial charge in [0, 0.05) is 12.1 Å². The van der Waals surface area contributed by atoms with Crippen molar-refractivity contribution in [2.75, 3.05) is 6.61 Å². The third-order valence-electron chi connectivity index (χ3n) is 4.32. The Bertz CT molecular complexity index is 879. The SMILES string of the molecule is CCOc1cc(CN[C@@H](C)c2ccco2)ccc1OCc1c(F)cccc1Cl. The van der Waals surface area contributed by atoms with E-state index in [-0.39, 0.29) is 12.6 Å². The van der Waals surface area contributed by atoms with Crippen LogP contribution in [0.1, 0.15) is 36.8 Å². The molecule has 0 aliphatic rings. The van der Waals surface area contributed by atoms with Crippen LogP contribution in [0.2, 0.25) is 5.02 Å². The van der Waals surface area contributed by atoms with E-state index in [1.54, 1.807) is 18.4 Å². The molecule has 0 radical (unpaired) electrons. The minimum Gasteiger partial charge on any atom is -0.490 e. The zero-order valence-electron chi connectivity index (χ0n) is 15.9. The summed E-state index contributed by atoms with van der Waals surface area (Å²) in [6.45, 7) is 5.11. The van der Waals surface area contributed by atoms with Crippen molar-refractivity contribution < 1.29 is 18.3 Å². The van der Waals surface area contributed by atoms with E-state index < -0.39 is 5.82 Å². The van der Waals surface area contributed by atoms with Crippen LogP contribution in [0.4, 0.5) is 4.39 Å². The number of hydrogen-bond acceptors (Lipinski definition) is 4. The summed E-state index contributed by atoms with van der Waals surface area (Å²) in [5, 5.41) is 3.74. The molecule has 4 nitrogen and oxygen atoms in total. The summed E-state index contributed by atoms with van der Waals surface area (Å²) in [6.07, 6.45) is 1.66. The Morgan fingerprint density at radius 3 is 2.68 bits per heavy atom. The summed E-state index contributed by atoms with van der Waals surface area (Å²) in [7, 11) is 0. The van der Waals surface area contributed by atoms with Gasteiger partial charge < -0.3 is 19.2 Å². The molecule has 0 saturated heterocycles. The monoisotopic (exact) mass is 403 g/mol. The number of ether oxygens (including phenoxy) is 2. The van der Waals surface area contributed by atoms with E-state index in [4.69, 9.17) is 25.5 Å². The minimum absolute atomic E-state index is 0.0265. The second-order valence-corrected chi connectivity index (χ2v) is 6.73. The quantitative estimate of drug-likeness (QED) is 0.483. The van der Waals surface area contributed by atoms with E-state index in [1.807, 2.05) is 44.2 Å². The lowest BCUT2D eigenvalue weighted by atomic mass is 10.1. The molecular weight excluding hydrogens is 381 g/mol. The lowest BCUT2D eigenvalue weighted by molar-refractivity contribution is 0.265. The van der Waals surface area contributed by atoms with Gasteiger partial charge in [-0.05, 0) is 55.8 Å². The third kappa shape index (κ3) is 5.06. The molecule has 0 bridgehead atoms. The standard InChI is InChI=1S/C22H23ClFNO3/c1-3-26-22-12-16(13-25-15(2)20-8-5-11-27-20)9-10-21(22)28-14-17-18(23)6-4-7-19(17)24/h4-12,15,25H,3,13-14H2,1-2H3/t15-/m0/s1. The van der Waals surface area contributed by atoms with Crippen LogP contribution in [0.15, 0.2) is 59.2 Å². The fourth-order valence-electron chi connectivity index (χ4n) is 2.78. The van der Waals surface area contributed by atoms with Crippen molar-refractivity contribution in [1.29, 1.82) is 0 Å². The van der Waals surface area contributed by atoms with Crippen LogP contribution in [0.5, 0.6) is 11.5 Å². The van der Waals surface area contributed by atoms with Crippen LogP contribution in [0.3, 0.4) is 0 Å². The van der Waals surface area contributed by atoms with E-state index in [0.29, 0.717) is 35.2 Å². The molecule has 3 rings (SSSR count). The molecule has 148 valence electrons. The van der Waals surface area contributed by atoms with Crippen LogP contribution in [-0.2, 0) is 13.2 Å². The van der Waals surface area contributed by atoms with E-state index >= 15 is 0 Å². The molecule has 28 heavy (non-hydrogen) atoms. The van der Waals surface area contributed by atoms with Crippen molar-refractivity contribution in [2.24, 2.45) is 0 Å². The first-order valence-electron chi connectivity index (χ1n) is 9.16. The number of benzene rings is 2. The number of nitrogens with one attached hydrogen (secondary N) is 1. The Morgan fingerprint density at radius 1 is 1.11 bits per heavy atom. The van der Waals surface area contributed by atoms with E-state index in [0.717, 1.165) is 11.3 Å². The van der Waals surface area contributed by atoms with Gasteiger partial charge in [-0.1, -0.05) is 23.7 Å². The fourth-order valence-corrected chi connectivity index (χ4v) is 3.00. The average Bonchev–Trinajstić information content (AvgIpc) is 3.22. The van der Waals surface area contributed by atoms with Gasteiger partial charge >= 0.3 is 0 Å². The summed E-state index contributed by atoms with van der Waals surface area (Å²) in [5.74, 6) is 1.65. The topological polar surface area (TPSA) is 43.6 Å². The van der Waals surface area contributed by atoms with Crippen LogP contribution in [0, 0.1) is 5.82 Å². The number of halogens is 2. The third-order valence-corrected chi connectivity index (χ3v) is 4.68. The van der Waals surface area contributed by atoms with Gasteiger partial charge in [0.2, 0.25) is 0 Å². The highest BCUT2D eigenvalue weighted by atomic mass is 35.5. The Balaban J connectivity index is 1.68. The fraction of sp³-hybridized carbons (Fsp3) is 0.273. The van der Waals surface area contributed by atoms with Crippen molar-refractivity contribution in [1.82, 2.24) is 5.32 Å². The first-order chi connectivity index (χ1) is 13.6. The highest BCUT2D eigenvalue weighted by Crippen LogP contribution is 2.31. The molecular formula is C22H23ClFNO3. The maximum Gasteiger partial charge on any atom is 0.161 e. The van der Waals surface area contributed by atoms with Crippen molar-refractivity contribution in [2.45, 2.75) is 33.0 Å². The normalized spacial score (nSPS) is 12.0. The van der Waals surface area contributed by atoms with Gasteiger partial charge in [0.1, 0.15) is 18.2 Å². The van der Waals surface area contributed by atoms with Gasteiger partial charge in [0.25, 0.3) is 0 Å². The number of hydrogen-bond donors (Lipinski definition) is 1. The zero-order valence-corrected chi connectivity index (χ0v) is 16.6. The predicted octanol–water partition coefficient (Wildman–Crippen LogP) is 5.90. The lowest BCUT2D eigenvalue weighted by Crippen LogP contribution is -2.17. The Hall–Kier alpha value is -2.50. The van der Waals surface area contributed by atoms with Gasteiger partial charge in [-0.25, -0.2) is 4.39 Å². The molecule has 0 amide bonds. The molecule has 1 aromatic heterocycles. The second-order valence-electron chi connectivity index (χ2n) is 6.32.